The maximum Gasteiger partial charge on any atom is 0.266 e. The van der Waals surface area contributed by atoms with Crippen molar-refractivity contribution in [1.82, 2.24) is 9.88 Å². The van der Waals surface area contributed by atoms with Crippen LogP contribution in [-0.4, -0.2) is 28.1 Å². The third-order valence-corrected chi connectivity index (χ3v) is 6.47. The first kappa shape index (κ1) is 24.5. The largest absolute Gasteiger partial charge is 0.507 e. The first-order valence-corrected chi connectivity index (χ1v) is 10.6. The molecule has 4 rings (SSSR count). The van der Waals surface area contributed by atoms with Crippen LogP contribution in [0.15, 0.2) is 46.6 Å². The molecule has 0 fully saturated rings. The summed E-state index contributed by atoms with van der Waals surface area (Å²) in [7, 11) is 0. The molecule has 0 atom stereocenters. The van der Waals surface area contributed by atoms with Crippen LogP contribution in [0, 0.1) is 0 Å². The normalized spacial score (nSPS) is 10.9. The van der Waals surface area contributed by atoms with Crippen molar-refractivity contribution in [2.75, 3.05) is 13.1 Å². The quantitative estimate of drug-likeness (QED) is 0.341. The van der Waals surface area contributed by atoms with Crippen LogP contribution in [0.4, 0.5) is 0 Å². The van der Waals surface area contributed by atoms with Gasteiger partial charge in [0.25, 0.3) is 5.56 Å². The number of hydrogen-bond donors (Lipinski definition) is 2. The van der Waals surface area contributed by atoms with E-state index in [4.69, 9.17) is 11.6 Å². The van der Waals surface area contributed by atoms with Crippen molar-refractivity contribution in [2.24, 2.45) is 0 Å². The van der Waals surface area contributed by atoms with E-state index < -0.39 is 0 Å². The fourth-order valence-electron chi connectivity index (χ4n) is 3.65. The summed E-state index contributed by atoms with van der Waals surface area (Å²) in [6.45, 7) is 6.97. The number of halogens is 3. The highest BCUT2D eigenvalue weighted by Gasteiger charge is 2.16. The second-order valence-corrected chi connectivity index (χ2v) is 8.09. The standard InChI is InChI=1S/C22H21ClN2O2S.2ClH/c1-3-25(4-2)12-14-6-5-13(11-16(14)23)19-18(26)8-7-17-20(19)15-9-10-28-21(15)22(27)24-17;;/h5-11,26H,3-4,12H2,1-2H3,(H,24,27);2*1H. The minimum atomic E-state index is -0.109. The highest BCUT2D eigenvalue weighted by molar-refractivity contribution is 7.17. The Morgan fingerprint density at radius 3 is 2.50 bits per heavy atom. The van der Waals surface area contributed by atoms with Gasteiger partial charge >= 0.3 is 0 Å². The van der Waals surface area contributed by atoms with Gasteiger partial charge in [0.1, 0.15) is 10.4 Å². The number of nitrogens with one attached hydrogen (secondary N) is 1. The van der Waals surface area contributed by atoms with Crippen molar-refractivity contribution < 1.29 is 5.11 Å². The molecule has 0 aliphatic rings. The topological polar surface area (TPSA) is 56.3 Å². The Hall–Kier alpha value is -1.76. The number of aromatic nitrogens is 1. The predicted molar refractivity (Wildman–Crippen MR) is 133 cm³/mol. The Morgan fingerprint density at radius 2 is 1.83 bits per heavy atom. The van der Waals surface area contributed by atoms with Gasteiger partial charge in [-0.05, 0) is 53.9 Å². The zero-order valence-electron chi connectivity index (χ0n) is 16.6. The number of hydrogen-bond acceptors (Lipinski definition) is 4. The molecule has 2 aromatic carbocycles. The number of rotatable bonds is 5. The van der Waals surface area contributed by atoms with Crippen LogP contribution in [0.1, 0.15) is 19.4 Å². The summed E-state index contributed by atoms with van der Waals surface area (Å²) in [5.41, 5.74) is 3.17. The Balaban J connectivity index is 0.00000160. The molecular weight excluding hydrogens is 463 g/mol. The number of nitrogens with zero attached hydrogens (tertiary/aromatic N) is 1. The fourth-order valence-corrected chi connectivity index (χ4v) is 4.68. The zero-order chi connectivity index (χ0) is 19.8. The Labute approximate surface area is 196 Å². The van der Waals surface area contributed by atoms with Crippen LogP contribution in [-0.2, 0) is 6.54 Å². The zero-order valence-corrected chi connectivity index (χ0v) is 19.8. The molecule has 0 unspecified atom stereocenters. The van der Waals surface area contributed by atoms with Gasteiger partial charge in [-0.15, -0.1) is 36.2 Å². The van der Waals surface area contributed by atoms with Crippen molar-refractivity contribution in [3.63, 3.8) is 0 Å². The molecule has 160 valence electrons. The van der Waals surface area contributed by atoms with Crippen LogP contribution < -0.4 is 5.56 Å². The SMILES string of the molecule is CCN(CC)Cc1ccc(-c2c(O)ccc3[nH]c(=O)c4sccc4c23)cc1Cl.Cl.Cl. The molecule has 0 spiro atoms. The van der Waals surface area contributed by atoms with Crippen LogP contribution in [0.25, 0.3) is 32.1 Å². The first-order chi connectivity index (χ1) is 13.5. The van der Waals surface area contributed by atoms with Crippen LogP contribution in [0.3, 0.4) is 0 Å². The molecule has 0 saturated heterocycles. The van der Waals surface area contributed by atoms with Crippen LogP contribution >= 0.6 is 47.8 Å². The van der Waals surface area contributed by atoms with E-state index in [-0.39, 0.29) is 36.1 Å². The van der Waals surface area contributed by atoms with Gasteiger partial charge in [-0.25, -0.2) is 0 Å². The highest BCUT2D eigenvalue weighted by Crippen LogP contribution is 2.40. The van der Waals surface area contributed by atoms with E-state index in [1.165, 1.54) is 11.3 Å². The molecule has 30 heavy (non-hydrogen) atoms. The third-order valence-electron chi connectivity index (χ3n) is 5.20. The number of pyridine rings is 1. The lowest BCUT2D eigenvalue weighted by Crippen LogP contribution is -2.22. The molecular formula is C22H23Cl3N2O2S. The van der Waals surface area contributed by atoms with E-state index in [0.717, 1.165) is 41.5 Å². The maximum atomic E-state index is 12.3. The summed E-state index contributed by atoms with van der Waals surface area (Å²) in [5, 5.41) is 14.9. The Bertz CT molecular complexity index is 1230. The molecule has 2 heterocycles. The molecule has 2 N–H and O–H groups in total. The molecule has 0 radical (unpaired) electrons. The minimum absolute atomic E-state index is 0. The van der Waals surface area contributed by atoms with Crippen LogP contribution in [0.2, 0.25) is 5.02 Å². The summed E-state index contributed by atoms with van der Waals surface area (Å²) in [4.78, 5) is 17.5. The van der Waals surface area contributed by atoms with Gasteiger partial charge in [-0.2, -0.15) is 0 Å². The lowest BCUT2D eigenvalue weighted by molar-refractivity contribution is 0.296. The average Bonchev–Trinajstić information content (AvgIpc) is 3.18. The summed E-state index contributed by atoms with van der Waals surface area (Å²) < 4.78 is 0.656. The number of H-pyrrole nitrogens is 1. The van der Waals surface area contributed by atoms with Gasteiger partial charge in [0.15, 0.2) is 0 Å². The highest BCUT2D eigenvalue weighted by atomic mass is 35.5. The molecule has 0 aliphatic heterocycles. The van der Waals surface area contributed by atoms with Gasteiger partial charge in [0, 0.05) is 33.4 Å². The predicted octanol–water partition coefficient (Wildman–Crippen LogP) is 6.45. The molecule has 2 aromatic heterocycles. The van der Waals surface area contributed by atoms with Gasteiger partial charge < -0.3 is 10.1 Å². The number of phenols is 1. The van der Waals surface area contributed by atoms with E-state index in [1.807, 2.05) is 29.6 Å². The number of aromatic hydroxyl groups is 1. The number of benzene rings is 2. The molecule has 4 aromatic rings. The van der Waals surface area contributed by atoms with Crippen molar-refractivity contribution in [1.29, 1.82) is 0 Å². The second kappa shape index (κ2) is 10.0. The van der Waals surface area contributed by atoms with E-state index in [0.29, 0.717) is 20.8 Å². The molecule has 0 bridgehead atoms. The monoisotopic (exact) mass is 484 g/mol. The molecule has 4 nitrogen and oxygen atoms in total. The number of phenolic OH excluding ortho intramolecular Hbond substituents is 1. The lowest BCUT2D eigenvalue weighted by atomic mass is 9.96. The van der Waals surface area contributed by atoms with E-state index in [2.05, 4.69) is 23.7 Å². The first-order valence-electron chi connectivity index (χ1n) is 9.29. The summed E-state index contributed by atoms with van der Waals surface area (Å²) >= 11 is 8.00. The summed E-state index contributed by atoms with van der Waals surface area (Å²) in [5.74, 6) is 0.166. The lowest BCUT2D eigenvalue weighted by Gasteiger charge is -2.19. The van der Waals surface area contributed by atoms with Gasteiger partial charge in [-0.1, -0.05) is 37.6 Å². The smallest absolute Gasteiger partial charge is 0.266 e. The molecule has 8 heteroatoms. The van der Waals surface area contributed by atoms with Gasteiger partial charge in [0.2, 0.25) is 0 Å². The summed E-state index contributed by atoms with van der Waals surface area (Å²) in [6, 6.07) is 11.2. The Morgan fingerprint density at radius 1 is 1.10 bits per heavy atom. The molecule has 0 aliphatic carbocycles. The van der Waals surface area contributed by atoms with Crippen molar-refractivity contribution in [3.8, 4) is 16.9 Å². The van der Waals surface area contributed by atoms with Crippen molar-refractivity contribution >= 4 is 68.7 Å². The fraction of sp³-hybridized carbons (Fsp3) is 0.227. The summed E-state index contributed by atoms with van der Waals surface area (Å²) in [6.07, 6.45) is 0. The van der Waals surface area contributed by atoms with Crippen molar-refractivity contribution in [3.05, 3.63) is 62.7 Å². The minimum Gasteiger partial charge on any atom is -0.507 e. The molecule has 0 amide bonds. The van der Waals surface area contributed by atoms with Gasteiger partial charge in [0.05, 0.1) is 0 Å². The van der Waals surface area contributed by atoms with E-state index in [9.17, 15) is 9.90 Å². The van der Waals surface area contributed by atoms with Crippen molar-refractivity contribution in [2.45, 2.75) is 20.4 Å². The number of aromatic amines is 1. The number of fused-ring (bicyclic) bond motifs is 3. The third kappa shape index (κ3) is 4.32. The second-order valence-electron chi connectivity index (χ2n) is 6.77. The number of thiophene rings is 1. The average molecular weight is 486 g/mol. The van der Waals surface area contributed by atoms with Crippen LogP contribution in [0.5, 0.6) is 5.75 Å². The Kier molecular flexibility index (Phi) is 8.20. The van der Waals surface area contributed by atoms with E-state index in [1.54, 1.807) is 12.1 Å². The van der Waals surface area contributed by atoms with Gasteiger partial charge in [-0.3, -0.25) is 9.69 Å². The van der Waals surface area contributed by atoms with E-state index >= 15 is 0 Å². The molecule has 0 saturated carbocycles. The maximum absolute atomic E-state index is 12.3.